The van der Waals surface area contributed by atoms with Crippen LogP contribution in [0.1, 0.15) is 0 Å². The van der Waals surface area contributed by atoms with E-state index in [0.717, 1.165) is 67.0 Å². The Hall–Kier alpha value is -7.94. The van der Waals surface area contributed by atoms with Crippen LogP contribution >= 0.6 is 0 Å². The fraction of sp³-hybridized carbons (Fsp3) is 0. The van der Waals surface area contributed by atoms with E-state index in [1.165, 1.54) is 27.8 Å². The Morgan fingerprint density at radius 2 is 0.550 bits per heavy atom. The highest BCUT2D eigenvalue weighted by atomic mass is 14.9. The molecular weight excluding hydrogens is 725 g/mol. The van der Waals surface area contributed by atoms with Crippen LogP contribution in [-0.2, 0) is 0 Å². The molecule has 0 aliphatic carbocycles. The van der Waals surface area contributed by atoms with Crippen LogP contribution in [0.15, 0.2) is 243 Å². The predicted octanol–water partition coefficient (Wildman–Crippen LogP) is 15.5. The van der Waals surface area contributed by atoms with Crippen LogP contribution in [0.3, 0.4) is 0 Å². The lowest BCUT2D eigenvalue weighted by Crippen LogP contribution is -1.99. The summed E-state index contributed by atoms with van der Waals surface area (Å²) in [7, 11) is 0. The molecule has 9 aromatic carbocycles. The Labute approximate surface area is 351 Å². The van der Waals surface area contributed by atoms with E-state index in [2.05, 4.69) is 231 Å². The summed E-state index contributed by atoms with van der Waals surface area (Å²) >= 11 is 0. The molecule has 0 radical (unpaired) electrons. The van der Waals surface area contributed by atoms with E-state index in [9.17, 15) is 0 Å². The van der Waals surface area contributed by atoms with Gasteiger partial charge in [-0.25, -0.2) is 9.97 Å². The minimum absolute atomic E-state index is 0.685. The minimum atomic E-state index is 0.685. The summed E-state index contributed by atoms with van der Waals surface area (Å²) < 4.78 is 0. The lowest BCUT2D eigenvalue weighted by atomic mass is 9.78. The van der Waals surface area contributed by atoms with Gasteiger partial charge in [0.05, 0.1) is 11.4 Å². The molecule has 0 aliphatic heterocycles. The Morgan fingerprint density at radius 1 is 0.200 bits per heavy atom. The highest BCUT2D eigenvalue weighted by Crippen LogP contribution is 2.50. The highest BCUT2D eigenvalue weighted by molar-refractivity contribution is 6.07. The second-order valence-electron chi connectivity index (χ2n) is 14.9. The summed E-state index contributed by atoms with van der Waals surface area (Å²) in [6.45, 7) is 0. The van der Waals surface area contributed by atoms with Gasteiger partial charge in [-0.15, -0.1) is 0 Å². The molecule has 60 heavy (non-hydrogen) atoms. The van der Waals surface area contributed by atoms with Gasteiger partial charge in [-0.2, -0.15) is 0 Å². The summed E-state index contributed by atoms with van der Waals surface area (Å²) in [5, 5.41) is 0. The lowest BCUT2D eigenvalue weighted by Gasteiger charge is -2.24. The third kappa shape index (κ3) is 7.35. The molecule has 1 heterocycles. The first kappa shape index (κ1) is 36.4. The zero-order chi connectivity index (χ0) is 40.1. The van der Waals surface area contributed by atoms with Crippen molar-refractivity contribution < 1.29 is 0 Å². The van der Waals surface area contributed by atoms with Gasteiger partial charge in [-0.3, -0.25) is 0 Å². The van der Waals surface area contributed by atoms with Gasteiger partial charge in [0.25, 0.3) is 0 Å². The first-order valence-corrected chi connectivity index (χ1v) is 20.4. The van der Waals surface area contributed by atoms with Crippen molar-refractivity contribution in [2.24, 2.45) is 0 Å². The molecule has 282 valence electrons. The number of benzene rings is 9. The highest BCUT2D eigenvalue weighted by Gasteiger charge is 2.24. The van der Waals surface area contributed by atoms with Gasteiger partial charge < -0.3 is 0 Å². The van der Waals surface area contributed by atoms with Crippen molar-refractivity contribution >= 4 is 0 Å². The molecule has 0 bridgehead atoms. The second kappa shape index (κ2) is 16.5. The number of aromatic nitrogens is 2. The summed E-state index contributed by atoms with van der Waals surface area (Å²) in [5.74, 6) is 0.685. The number of hydrogen-bond acceptors (Lipinski definition) is 2. The van der Waals surface area contributed by atoms with Crippen molar-refractivity contribution in [3.05, 3.63) is 243 Å². The standard InChI is InChI=1S/C58H40N2/c1-7-21-41(22-8-1)47-33-19-36-50(37-47)58-59-53(43-25-11-3-12-26-43)40-54(60-58)49-35-20-34-48(38-49)52-39-51(42-23-9-2-10-24-42)55(44-27-13-4-14-28-44)57(46-31-17-6-18-32-46)56(52)45-29-15-5-16-30-45/h1-40H. The van der Waals surface area contributed by atoms with Gasteiger partial charge in [-0.1, -0.05) is 218 Å². The Bertz CT molecular complexity index is 3040. The smallest absolute Gasteiger partial charge is 0.160 e. The topological polar surface area (TPSA) is 25.8 Å². The molecule has 0 unspecified atom stereocenters. The second-order valence-corrected chi connectivity index (χ2v) is 14.9. The number of rotatable bonds is 9. The quantitative estimate of drug-likeness (QED) is 0.146. The third-order valence-corrected chi connectivity index (χ3v) is 11.1. The Kier molecular flexibility index (Phi) is 10.0. The maximum Gasteiger partial charge on any atom is 0.160 e. The number of hydrogen-bond donors (Lipinski definition) is 0. The normalized spacial score (nSPS) is 11.0. The molecule has 0 fully saturated rings. The van der Waals surface area contributed by atoms with Crippen LogP contribution < -0.4 is 0 Å². The fourth-order valence-electron chi connectivity index (χ4n) is 8.25. The first-order chi connectivity index (χ1) is 29.8. The fourth-order valence-corrected chi connectivity index (χ4v) is 8.25. The molecule has 2 nitrogen and oxygen atoms in total. The van der Waals surface area contributed by atoms with Crippen molar-refractivity contribution in [3.8, 4) is 101 Å². The predicted molar refractivity (Wildman–Crippen MR) is 251 cm³/mol. The molecule has 0 saturated heterocycles. The van der Waals surface area contributed by atoms with Crippen LogP contribution in [0.4, 0.5) is 0 Å². The summed E-state index contributed by atoms with van der Waals surface area (Å²) in [4.78, 5) is 10.5. The molecule has 1 aromatic heterocycles. The van der Waals surface area contributed by atoms with Gasteiger partial charge >= 0.3 is 0 Å². The van der Waals surface area contributed by atoms with Crippen molar-refractivity contribution in [1.82, 2.24) is 9.97 Å². The average Bonchev–Trinajstić information content (AvgIpc) is 3.35. The van der Waals surface area contributed by atoms with Gasteiger partial charge in [-0.05, 0) is 91.0 Å². The van der Waals surface area contributed by atoms with Gasteiger partial charge in [0.15, 0.2) is 5.82 Å². The molecule has 0 saturated carbocycles. The minimum Gasteiger partial charge on any atom is -0.228 e. The maximum absolute atomic E-state index is 5.32. The third-order valence-electron chi connectivity index (χ3n) is 11.1. The summed E-state index contributed by atoms with van der Waals surface area (Å²) in [6, 6.07) is 86.1. The van der Waals surface area contributed by atoms with Gasteiger partial charge in [0.2, 0.25) is 0 Å². The van der Waals surface area contributed by atoms with Gasteiger partial charge in [0, 0.05) is 16.7 Å². The van der Waals surface area contributed by atoms with E-state index in [1.807, 2.05) is 12.1 Å². The van der Waals surface area contributed by atoms with Crippen LogP contribution in [0.5, 0.6) is 0 Å². The van der Waals surface area contributed by atoms with E-state index in [0.29, 0.717) is 5.82 Å². The van der Waals surface area contributed by atoms with Crippen LogP contribution in [0.2, 0.25) is 0 Å². The van der Waals surface area contributed by atoms with E-state index in [1.54, 1.807) is 0 Å². The van der Waals surface area contributed by atoms with Crippen LogP contribution in [0.25, 0.3) is 101 Å². The van der Waals surface area contributed by atoms with E-state index >= 15 is 0 Å². The van der Waals surface area contributed by atoms with Crippen LogP contribution in [0, 0.1) is 0 Å². The summed E-state index contributed by atoms with van der Waals surface area (Å²) in [6.07, 6.45) is 0. The zero-order valence-corrected chi connectivity index (χ0v) is 33.0. The first-order valence-electron chi connectivity index (χ1n) is 20.4. The molecule has 0 atom stereocenters. The summed E-state index contributed by atoms with van der Waals surface area (Å²) in [5.41, 5.74) is 18.7. The SMILES string of the molecule is c1ccc(-c2cccc(-c3nc(-c4ccccc4)cc(-c4cccc(-c5cc(-c6ccccc6)c(-c6ccccc6)c(-c6ccccc6)c5-c5ccccc5)c4)n3)c2)cc1. The van der Waals surface area contributed by atoms with Gasteiger partial charge in [0.1, 0.15) is 0 Å². The molecule has 0 spiro atoms. The Balaban J connectivity index is 1.23. The maximum atomic E-state index is 5.32. The molecule has 2 heteroatoms. The molecule has 10 rings (SSSR count). The molecule has 10 aromatic rings. The van der Waals surface area contributed by atoms with Crippen molar-refractivity contribution in [2.75, 3.05) is 0 Å². The van der Waals surface area contributed by atoms with E-state index in [4.69, 9.17) is 9.97 Å². The van der Waals surface area contributed by atoms with Crippen molar-refractivity contribution in [1.29, 1.82) is 0 Å². The van der Waals surface area contributed by atoms with E-state index < -0.39 is 0 Å². The average molecular weight is 765 g/mol. The molecule has 0 N–H and O–H groups in total. The molecular formula is C58H40N2. The zero-order valence-electron chi connectivity index (χ0n) is 33.0. The van der Waals surface area contributed by atoms with Crippen molar-refractivity contribution in [2.45, 2.75) is 0 Å². The van der Waals surface area contributed by atoms with E-state index in [-0.39, 0.29) is 0 Å². The largest absolute Gasteiger partial charge is 0.228 e. The lowest BCUT2D eigenvalue weighted by molar-refractivity contribution is 1.18. The molecule has 0 amide bonds. The van der Waals surface area contributed by atoms with Crippen LogP contribution in [-0.4, -0.2) is 9.97 Å². The monoisotopic (exact) mass is 764 g/mol. The molecule has 0 aliphatic rings. The van der Waals surface area contributed by atoms with Crippen molar-refractivity contribution in [3.63, 3.8) is 0 Å². The Morgan fingerprint density at radius 3 is 1.08 bits per heavy atom. The number of nitrogens with zero attached hydrogens (tertiary/aromatic N) is 2.